The molecule has 0 spiro atoms. The Morgan fingerprint density at radius 3 is 2.56 bits per heavy atom. The van der Waals surface area contributed by atoms with E-state index in [0.717, 1.165) is 6.92 Å². The monoisotopic (exact) mass is 442 g/mol. The maximum absolute atomic E-state index is 13.7. The van der Waals surface area contributed by atoms with Gasteiger partial charge in [-0.2, -0.15) is 8.78 Å². The Morgan fingerprint density at radius 2 is 1.88 bits per heavy atom. The third-order valence-electron chi connectivity index (χ3n) is 4.23. The molecule has 8 nitrogen and oxygen atoms in total. The van der Waals surface area contributed by atoms with Gasteiger partial charge in [0.15, 0.2) is 5.82 Å². The van der Waals surface area contributed by atoms with E-state index in [1.807, 2.05) is 13.8 Å². The molecule has 3 heterocycles. The van der Waals surface area contributed by atoms with Crippen molar-refractivity contribution in [1.29, 1.82) is 0 Å². The number of hydrogen-bond acceptors (Lipinski definition) is 8. The molecule has 0 atom stereocenters. The van der Waals surface area contributed by atoms with Gasteiger partial charge in [-0.05, 0) is 38.1 Å². The van der Waals surface area contributed by atoms with Crippen molar-refractivity contribution in [2.75, 3.05) is 17.7 Å². The number of rotatable bonds is 8. The van der Waals surface area contributed by atoms with Crippen LogP contribution in [0.25, 0.3) is 11.5 Å². The maximum atomic E-state index is 13.7. The van der Waals surface area contributed by atoms with Crippen molar-refractivity contribution in [2.45, 2.75) is 39.2 Å². The summed E-state index contributed by atoms with van der Waals surface area (Å²) < 4.78 is 32.0. The molecule has 0 bridgehead atoms. The van der Waals surface area contributed by atoms with Crippen LogP contribution in [0.1, 0.15) is 32.2 Å². The van der Waals surface area contributed by atoms with Gasteiger partial charge in [0.2, 0.25) is 0 Å². The molecule has 3 aromatic heterocycles. The average Bonchev–Trinajstić information content (AvgIpc) is 2.73. The summed E-state index contributed by atoms with van der Waals surface area (Å²) >= 11 is 0. The summed E-state index contributed by atoms with van der Waals surface area (Å²) in [6.07, 6.45) is 1.33. The second-order valence-electron chi connectivity index (χ2n) is 7.47. The van der Waals surface area contributed by atoms with E-state index in [4.69, 9.17) is 4.74 Å². The molecule has 0 saturated carbocycles. The van der Waals surface area contributed by atoms with Crippen LogP contribution in [0, 0.1) is 0 Å². The predicted octanol–water partition coefficient (Wildman–Crippen LogP) is 4.32. The first-order chi connectivity index (χ1) is 15.1. The second kappa shape index (κ2) is 9.63. The molecule has 168 valence electrons. The maximum Gasteiger partial charge on any atom is 0.311 e. The van der Waals surface area contributed by atoms with E-state index in [1.165, 1.54) is 19.4 Å². The van der Waals surface area contributed by atoms with Crippen LogP contribution in [0.2, 0.25) is 0 Å². The number of esters is 1. The first-order valence-electron chi connectivity index (χ1n) is 9.94. The number of hydrogen-bond donors (Lipinski definition) is 2. The lowest BCUT2D eigenvalue weighted by Crippen LogP contribution is -2.13. The minimum absolute atomic E-state index is 0.0183. The van der Waals surface area contributed by atoms with Gasteiger partial charge in [-0.3, -0.25) is 9.78 Å². The van der Waals surface area contributed by atoms with Gasteiger partial charge in [0.05, 0.1) is 19.2 Å². The fourth-order valence-corrected chi connectivity index (χ4v) is 2.81. The molecule has 0 saturated heterocycles. The predicted molar refractivity (Wildman–Crippen MR) is 117 cm³/mol. The molecule has 0 aliphatic carbocycles. The number of nitrogens with zero attached hydrogens (tertiary/aromatic N) is 4. The highest BCUT2D eigenvalue weighted by molar-refractivity contribution is 5.72. The highest BCUT2D eigenvalue weighted by atomic mass is 19.3. The smallest absolute Gasteiger partial charge is 0.311 e. The summed E-state index contributed by atoms with van der Waals surface area (Å²) in [6, 6.07) is 9.79. The number of anilines is 3. The number of alkyl halides is 2. The fraction of sp³-hybridized carbons (Fsp3) is 0.318. The molecule has 2 N–H and O–H groups in total. The molecular weight excluding hydrogens is 418 g/mol. The van der Waals surface area contributed by atoms with Gasteiger partial charge < -0.3 is 15.4 Å². The molecule has 0 radical (unpaired) electrons. The van der Waals surface area contributed by atoms with Crippen molar-refractivity contribution in [3.05, 3.63) is 54.0 Å². The lowest BCUT2D eigenvalue weighted by Gasteiger charge is -2.14. The lowest BCUT2D eigenvalue weighted by molar-refractivity contribution is -0.139. The van der Waals surface area contributed by atoms with Gasteiger partial charge in [-0.1, -0.05) is 6.07 Å². The van der Waals surface area contributed by atoms with Crippen LogP contribution in [0.3, 0.4) is 0 Å². The molecule has 0 fully saturated rings. The molecule has 3 aromatic rings. The van der Waals surface area contributed by atoms with Crippen molar-refractivity contribution in [2.24, 2.45) is 0 Å². The third-order valence-corrected chi connectivity index (χ3v) is 4.23. The minimum atomic E-state index is -3.07. The number of carbonyl (C=O) groups excluding carboxylic acids is 1. The zero-order valence-corrected chi connectivity index (χ0v) is 18.2. The molecule has 3 rings (SSSR count). The summed E-state index contributed by atoms with van der Waals surface area (Å²) in [6.45, 7) is 4.71. The molecule has 10 heteroatoms. The fourth-order valence-electron chi connectivity index (χ4n) is 2.81. The Morgan fingerprint density at radius 1 is 1.12 bits per heavy atom. The van der Waals surface area contributed by atoms with Crippen LogP contribution in [-0.2, 0) is 21.9 Å². The van der Waals surface area contributed by atoms with Crippen molar-refractivity contribution in [3.8, 4) is 11.5 Å². The van der Waals surface area contributed by atoms with Crippen LogP contribution in [0.5, 0.6) is 0 Å². The van der Waals surface area contributed by atoms with Crippen molar-refractivity contribution < 1.29 is 18.3 Å². The normalized spacial score (nSPS) is 11.3. The molecule has 0 unspecified atom stereocenters. The van der Waals surface area contributed by atoms with E-state index < -0.39 is 11.9 Å². The van der Waals surface area contributed by atoms with Gasteiger partial charge in [-0.15, -0.1) is 0 Å². The van der Waals surface area contributed by atoms with Crippen molar-refractivity contribution in [3.63, 3.8) is 0 Å². The standard InChI is InChI=1S/C22H24F2N6O2/c1-13(2)26-18-12-19(28-15-8-9-25-17(10-15)22(3,23)24)30-21(29-18)16-7-5-6-14(27-16)11-20(31)32-4/h5-10,12-13H,11H2,1-4H3,(H2,25,26,28,29,30). The Hall–Kier alpha value is -3.69. The molecule has 0 aromatic carbocycles. The lowest BCUT2D eigenvalue weighted by atomic mass is 10.2. The topological polar surface area (TPSA) is 102 Å². The zero-order valence-electron chi connectivity index (χ0n) is 18.2. The van der Waals surface area contributed by atoms with Gasteiger partial charge in [0, 0.05) is 30.9 Å². The number of methoxy groups -OCH3 is 1. The SMILES string of the molecule is COC(=O)Cc1cccc(-c2nc(Nc3ccnc(C(C)(F)F)c3)cc(NC(C)C)n2)n1. The number of ether oxygens (including phenoxy) is 1. The molecular formula is C22H24F2N6O2. The van der Waals surface area contributed by atoms with Gasteiger partial charge in [-0.25, -0.2) is 15.0 Å². The van der Waals surface area contributed by atoms with E-state index >= 15 is 0 Å². The summed E-state index contributed by atoms with van der Waals surface area (Å²) in [5, 5.41) is 6.24. The summed E-state index contributed by atoms with van der Waals surface area (Å²) in [4.78, 5) is 28.8. The first kappa shape index (κ1) is 23.0. The highest BCUT2D eigenvalue weighted by Gasteiger charge is 2.26. The van der Waals surface area contributed by atoms with Crippen LogP contribution < -0.4 is 10.6 Å². The Balaban J connectivity index is 1.97. The quantitative estimate of drug-likeness (QED) is 0.497. The van der Waals surface area contributed by atoms with Crippen LogP contribution in [-0.4, -0.2) is 39.1 Å². The molecule has 0 aliphatic heterocycles. The Bertz CT molecular complexity index is 1100. The van der Waals surface area contributed by atoms with Crippen molar-refractivity contribution >= 4 is 23.3 Å². The van der Waals surface area contributed by atoms with E-state index in [9.17, 15) is 13.6 Å². The Kier molecular flexibility index (Phi) is 6.92. The number of halogens is 2. The van der Waals surface area contributed by atoms with Crippen LogP contribution in [0.4, 0.5) is 26.1 Å². The van der Waals surface area contributed by atoms with Crippen LogP contribution >= 0.6 is 0 Å². The average molecular weight is 442 g/mol. The number of pyridine rings is 2. The number of aromatic nitrogens is 4. The van der Waals surface area contributed by atoms with Gasteiger partial charge in [0.1, 0.15) is 23.0 Å². The Labute approximate surface area is 184 Å². The zero-order chi connectivity index (χ0) is 23.3. The molecule has 0 amide bonds. The third kappa shape index (κ3) is 6.16. The summed E-state index contributed by atoms with van der Waals surface area (Å²) in [7, 11) is 1.31. The minimum Gasteiger partial charge on any atom is -0.469 e. The summed E-state index contributed by atoms with van der Waals surface area (Å²) in [5.74, 6) is -2.25. The van der Waals surface area contributed by atoms with Gasteiger partial charge in [0.25, 0.3) is 5.92 Å². The van der Waals surface area contributed by atoms with E-state index in [-0.39, 0.29) is 18.2 Å². The molecule has 0 aliphatic rings. The van der Waals surface area contributed by atoms with E-state index in [0.29, 0.717) is 34.5 Å². The second-order valence-corrected chi connectivity index (χ2v) is 7.47. The number of nitrogens with one attached hydrogen (secondary N) is 2. The first-order valence-corrected chi connectivity index (χ1v) is 9.94. The number of carbonyl (C=O) groups is 1. The van der Waals surface area contributed by atoms with Crippen molar-refractivity contribution in [1.82, 2.24) is 19.9 Å². The molecule has 32 heavy (non-hydrogen) atoms. The highest BCUT2D eigenvalue weighted by Crippen LogP contribution is 2.28. The van der Waals surface area contributed by atoms with E-state index in [2.05, 4.69) is 30.6 Å². The summed E-state index contributed by atoms with van der Waals surface area (Å²) in [5.41, 5.74) is 1.02. The largest absolute Gasteiger partial charge is 0.469 e. The van der Waals surface area contributed by atoms with E-state index in [1.54, 1.807) is 30.3 Å². The van der Waals surface area contributed by atoms with Gasteiger partial charge >= 0.3 is 5.97 Å². The van der Waals surface area contributed by atoms with Crippen LogP contribution in [0.15, 0.2) is 42.6 Å².